The molecule has 4 heteroatoms. The van der Waals surface area contributed by atoms with Gasteiger partial charge in [-0.3, -0.25) is 4.79 Å². The number of ether oxygens (including phenoxy) is 1. The van der Waals surface area contributed by atoms with E-state index in [1.54, 1.807) is 0 Å². The Morgan fingerprint density at radius 1 is 1.35 bits per heavy atom. The Bertz CT molecular complexity index is 301. The van der Waals surface area contributed by atoms with E-state index in [-0.39, 0.29) is 12.0 Å². The van der Waals surface area contributed by atoms with Gasteiger partial charge in [0.25, 0.3) is 0 Å². The second-order valence-electron chi connectivity index (χ2n) is 4.92. The standard InChI is InChI=1S/C13H20N2O2/c14-7-3-8-15(11-5-6-11)13(16)10-12-4-1-2-9-17-12/h11-12H,1-6,8-10H2. The van der Waals surface area contributed by atoms with Gasteiger partial charge < -0.3 is 9.64 Å². The van der Waals surface area contributed by atoms with Gasteiger partial charge in [0.2, 0.25) is 5.91 Å². The fourth-order valence-electron chi connectivity index (χ4n) is 2.35. The molecule has 2 rings (SSSR count). The van der Waals surface area contributed by atoms with E-state index in [4.69, 9.17) is 10.00 Å². The third-order valence-electron chi connectivity index (χ3n) is 3.45. The molecule has 1 atom stereocenters. The molecular weight excluding hydrogens is 216 g/mol. The van der Waals surface area contributed by atoms with E-state index in [0.717, 1.165) is 32.3 Å². The molecule has 0 bridgehead atoms. The van der Waals surface area contributed by atoms with E-state index >= 15 is 0 Å². The van der Waals surface area contributed by atoms with Crippen LogP contribution in [0.3, 0.4) is 0 Å². The molecule has 1 saturated carbocycles. The smallest absolute Gasteiger partial charge is 0.225 e. The van der Waals surface area contributed by atoms with Crippen molar-refractivity contribution in [2.24, 2.45) is 0 Å². The van der Waals surface area contributed by atoms with Crippen molar-refractivity contribution in [2.45, 2.75) is 57.1 Å². The minimum atomic E-state index is 0.111. The number of carbonyl (C=O) groups is 1. The van der Waals surface area contributed by atoms with E-state index in [9.17, 15) is 4.79 Å². The van der Waals surface area contributed by atoms with E-state index < -0.39 is 0 Å². The Balaban J connectivity index is 1.80. The molecule has 1 heterocycles. The summed E-state index contributed by atoms with van der Waals surface area (Å²) in [7, 11) is 0. The minimum Gasteiger partial charge on any atom is -0.378 e. The van der Waals surface area contributed by atoms with Crippen molar-refractivity contribution in [3.63, 3.8) is 0 Å². The molecule has 0 aromatic carbocycles. The molecule has 94 valence electrons. The van der Waals surface area contributed by atoms with Crippen LogP contribution in [0.1, 0.15) is 44.9 Å². The Labute approximate surface area is 103 Å². The zero-order valence-electron chi connectivity index (χ0n) is 10.2. The Kier molecular flexibility index (Phi) is 4.38. The molecular formula is C13H20N2O2. The van der Waals surface area contributed by atoms with E-state index in [1.807, 2.05) is 4.90 Å². The average Bonchev–Trinajstić information content (AvgIpc) is 3.15. The SMILES string of the molecule is N#CCCN(C(=O)CC1CCCCO1)C1CC1. The largest absolute Gasteiger partial charge is 0.378 e. The predicted molar refractivity (Wildman–Crippen MR) is 63.2 cm³/mol. The fourth-order valence-corrected chi connectivity index (χ4v) is 2.35. The second kappa shape index (κ2) is 6.02. The monoisotopic (exact) mass is 236 g/mol. The molecule has 17 heavy (non-hydrogen) atoms. The molecule has 0 spiro atoms. The van der Waals surface area contributed by atoms with E-state index in [2.05, 4.69) is 6.07 Å². The summed E-state index contributed by atoms with van der Waals surface area (Å²) in [5.41, 5.74) is 0. The maximum Gasteiger partial charge on any atom is 0.225 e. The fraction of sp³-hybridized carbons (Fsp3) is 0.846. The lowest BCUT2D eigenvalue weighted by molar-refractivity contribution is -0.135. The van der Waals surface area contributed by atoms with Crippen molar-refractivity contribution < 1.29 is 9.53 Å². The van der Waals surface area contributed by atoms with Gasteiger partial charge in [0.15, 0.2) is 0 Å². The van der Waals surface area contributed by atoms with Crippen LogP contribution in [0.5, 0.6) is 0 Å². The number of nitrogens with zero attached hydrogens (tertiary/aromatic N) is 2. The summed E-state index contributed by atoms with van der Waals surface area (Å²) < 4.78 is 5.59. The lowest BCUT2D eigenvalue weighted by atomic mass is 10.1. The molecule has 1 aliphatic heterocycles. The van der Waals surface area contributed by atoms with Crippen molar-refractivity contribution in [3.8, 4) is 6.07 Å². The summed E-state index contributed by atoms with van der Waals surface area (Å²) in [5.74, 6) is 0.176. The second-order valence-corrected chi connectivity index (χ2v) is 4.92. The molecule has 1 amide bonds. The normalized spacial score (nSPS) is 24.1. The molecule has 0 aromatic heterocycles. The molecule has 1 saturated heterocycles. The van der Waals surface area contributed by atoms with Crippen LogP contribution in [0.2, 0.25) is 0 Å². The van der Waals surface area contributed by atoms with E-state index in [1.165, 1.54) is 6.42 Å². The third-order valence-corrected chi connectivity index (χ3v) is 3.45. The predicted octanol–water partition coefficient (Wildman–Crippen LogP) is 1.85. The lowest BCUT2D eigenvalue weighted by Gasteiger charge is -2.26. The van der Waals surface area contributed by atoms with Gasteiger partial charge in [-0.2, -0.15) is 5.26 Å². The Morgan fingerprint density at radius 2 is 2.18 bits per heavy atom. The average molecular weight is 236 g/mol. The van der Waals surface area contributed by atoms with Gasteiger partial charge in [0.05, 0.1) is 25.0 Å². The number of nitriles is 1. The summed E-state index contributed by atoms with van der Waals surface area (Å²) in [4.78, 5) is 14.0. The van der Waals surface area contributed by atoms with Crippen LogP contribution in [0.25, 0.3) is 0 Å². The quantitative estimate of drug-likeness (QED) is 0.732. The highest BCUT2D eigenvalue weighted by Gasteiger charge is 2.33. The minimum absolute atomic E-state index is 0.111. The summed E-state index contributed by atoms with van der Waals surface area (Å²) >= 11 is 0. The van der Waals surface area contributed by atoms with Crippen LogP contribution in [-0.4, -0.2) is 36.1 Å². The zero-order chi connectivity index (χ0) is 12.1. The van der Waals surface area contributed by atoms with Crippen molar-refractivity contribution in [1.29, 1.82) is 5.26 Å². The van der Waals surface area contributed by atoms with Gasteiger partial charge in [0, 0.05) is 19.2 Å². The molecule has 0 N–H and O–H groups in total. The highest BCUT2D eigenvalue weighted by atomic mass is 16.5. The zero-order valence-corrected chi connectivity index (χ0v) is 10.2. The number of rotatable bonds is 5. The molecule has 0 aromatic rings. The van der Waals surface area contributed by atoms with Crippen LogP contribution in [0.4, 0.5) is 0 Å². The number of hydrogen-bond donors (Lipinski definition) is 0. The summed E-state index contributed by atoms with van der Waals surface area (Å²) in [6.45, 7) is 1.38. The Morgan fingerprint density at radius 3 is 2.76 bits per heavy atom. The van der Waals surface area contributed by atoms with Crippen LogP contribution in [-0.2, 0) is 9.53 Å². The first-order valence-electron chi connectivity index (χ1n) is 6.59. The summed E-state index contributed by atoms with van der Waals surface area (Å²) in [6.07, 6.45) is 6.54. The number of carbonyl (C=O) groups excluding carboxylic acids is 1. The summed E-state index contributed by atoms with van der Waals surface area (Å²) in [6, 6.07) is 2.52. The van der Waals surface area contributed by atoms with Crippen LogP contribution in [0.15, 0.2) is 0 Å². The molecule has 1 aliphatic carbocycles. The lowest BCUT2D eigenvalue weighted by Crippen LogP contribution is -2.37. The molecule has 2 fully saturated rings. The number of hydrogen-bond acceptors (Lipinski definition) is 3. The van der Waals surface area contributed by atoms with Gasteiger partial charge in [0.1, 0.15) is 0 Å². The van der Waals surface area contributed by atoms with Crippen LogP contribution in [0, 0.1) is 11.3 Å². The van der Waals surface area contributed by atoms with Gasteiger partial charge in [-0.25, -0.2) is 0 Å². The van der Waals surface area contributed by atoms with E-state index in [0.29, 0.717) is 25.4 Å². The highest BCUT2D eigenvalue weighted by Crippen LogP contribution is 2.28. The Hall–Kier alpha value is -1.08. The highest BCUT2D eigenvalue weighted by molar-refractivity contribution is 5.77. The van der Waals surface area contributed by atoms with Gasteiger partial charge in [-0.15, -0.1) is 0 Å². The summed E-state index contributed by atoms with van der Waals surface area (Å²) in [5, 5.41) is 8.61. The topological polar surface area (TPSA) is 53.3 Å². The third kappa shape index (κ3) is 3.71. The first-order chi connectivity index (χ1) is 8.31. The first kappa shape index (κ1) is 12.4. The molecule has 1 unspecified atom stereocenters. The molecule has 2 aliphatic rings. The van der Waals surface area contributed by atoms with Crippen molar-refractivity contribution in [3.05, 3.63) is 0 Å². The van der Waals surface area contributed by atoms with Gasteiger partial charge in [-0.05, 0) is 32.1 Å². The van der Waals surface area contributed by atoms with Crippen LogP contribution >= 0.6 is 0 Å². The van der Waals surface area contributed by atoms with Gasteiger partial charge in [-0.1, -0.05) is 0 Å². The maximum absolute atomic E-state index is 12.1. The number of amides is 1. The van der Waals surface area contributed by atoms with Crippen LogP contribution < -0.4 is 0 Å². The first-order valence-corrected chi connectivity index (χ1v) is 6.59. The maximum atomic E-state index is 12.1. The van der Waals surface area contributed by atoms with Crippen molar-refractivity contribution in [1.82, 2.24) is 4.90 Å². The van der Waals surface area contributed by atoms with Gasteiger partial charge >= 0.3 is 0 Å². The van der Waals surface area contributed by atoms with Crippen molar-refractivity contribution >= 4 is 5.91 Å². The molecule has 0 radical (unpaired) electrons. The van der Waals surface area contributed by atoms with Crippen molar-refractivity contribution in [2.75, 3.05) is 13.2 Å². The molecule has 4 nitrogen and oxygen atoms in total.